The van der Waals surface area contributed by atoms with Gasteiger partial charge in [-0.3, -0.25) is 9.36 Å². The molecule has 0 saturated carbocycles. The molecule has 0 spiro atoms. The van der Waals surface area contributed by atoms with E-state index in [1.807, 2.05) is 48.5 Å². The zero-order chi connectivity index (χ0) is 13.4. The minimum atomic E-state index is -0.0727. The van der Waals surface area contributed by atoms with Crippen LogP contribution in [0.3, 0.4) is 0 Å². The Morgan fingerprint density at radius 3 is 2.53 bits per heavy atom. The largest absolute Gasteiger partial charge is 0.332 e. The van der Waals surface area contributed by atoms with Crippen molar-refractivity contribution in [2.75, 3.05) is 0 Å². The van der Waals surface area contributed by atoms with Gasteiger partial charge in [0.15, 0.2) is 4.77 Å². The molecule has 0 saturated heterocycles. The molecular weight excluding hydrogens is 256 g/mol. The molecule has 3 aromatic rings. The summed E-state index contributed by atoms with van der Waals surface area (Å²) in [6.07, 6.45) is 0. The second-order valence-electron chi connectivity index (χ2n) is 4.42. The van der Waals surface area contributed by atoms with Gasteiger partial charge in [0, 0.05) is 7.05 Å². The Bertz CT molecular complexity index is 863. The Labute approximate surface area is 115 Å². The number of fused-ring (bicyclic) bond motifs is 1. The van der Waals surface area contributed by atoms with E-state index in [0.717, 1.165) is 16.6 Å². The predicted molar refractivity (Wildman–Crippen MR) is 79.8 cm³/mol. The van der Waals surface area contributed by atoms with Crippen LogP contribution in [0, 0.1) is 4.77 Å². The number of hydrogen-bond donors (Lipinski definition) is 1. The molecule has 1 heterocycles. The quantitative estimate of drug-likeness (QED) is 0.688. The van der Waals surface area contributed by atoms with Crippen LogP contribution >= 0.6 is 12.2 Å². The van der Waals surface area contributed by atoms with Crippen LogP contribution in [0.15, 0.2) is 53.3 Å². The summed E-state index contributed by atoms with van der Waals surface area (Å²) in [5.74, 6) is 0. The molecule has 1 N–H and O–H groups in total. The monoisotopic (exact) mass is 268 g/mol. The number of rotatable bonds is 1. The average Bonchev–Trinajstić information content (AvgIpc) is 2.46. The lowest BCUT2D eigenvalue weighted by Crippen LogP contribution is -2.18. The fourth-order valence-corrected chi connectivity index (χ4v) is 2.31. The molecule has 0 radical (unpaired) electrons. The van der Waals surface area contributed by atoms with Gasteiger partial charge < -0.3 is 4.98 Å². The van der Waals surface area contributed by atoms with Crippen LogP contribution in [0.5, 0.6) is 0 Å². The molecular formula is C15H12N2OS. The van der Waals surface area contributed by atoms with Crippen LogP contribution in [0.1, 0.15) is 0 Å². The number of hydrogen-bond acceptors (Lipinski definition) is 2. The molecule has 0 aliphatic rings. The summed E-state index contributed by atoms with van der Waals surface area (Å²) in [5.41, 5.74) is 2.81. The number of aromatic amines is 1. The van der Waals surface area contributed by atoms with E-state index >= 15 is 0 Å². The summed E-state index contributed by atoms with van der Waals surface area (Å²) >= 11 is 5.10. The van der Waals surface area contributed by atoms with Gasteiger partial charge in [0.25, 0.3) is 5.56 Å². The smallest absolute Gasteiger partial charge is 0.261 e. The van der Waals surface area contributed by atoms with Crippen LogP contribution < -0.4 is 5.56 Å². The molecule has 0 aliphatic heterocycles. The molecule has 94 valence electrons. The van der Waals surface area contributed by atoms with Crippen molar-refractivity contribution >= 4 is 23.1 Å². The van der Waals surface area contributed by atoms with Crippen molar-refractivity contribution in [2.24, 2.45) is 7.05 Å². The van der Waals surface area contributed by atoms with Crippen molar-refractivity contribution in [3.05, 3.63) is 63.7 Å². The molecule has 0 amide bonds. The first-order chi connectivity index (χ1) is 9.16. The van der Waals surface area contributed by atoms with E-state index in [1.54, 1.807) is 7.05 Å². The molecule has 0 unspecified atom stereocenters. The molecule has 3 nitrogen and oxygen atoms in total. The number of nitrogens with one attached hydrogen (secondary N) is 1. The maximum atomic E-state index is 12.2. The first-order valence-electron chi connectivity index (χ1n) is 5.95. The highest BCUT2D eigenvalue weighted by molar-refractivity contribution is 7.71. The Balaban J connectivity index is 2.33. The zero-order valence-electron chi connectivity index (χ0n) is 10.4. The van der Waals surface area contributed by atoms with Gasteiger partial charge in [-0.2, -0.15) is 0 Å². The van der Waals surface area contributed by atoms with Crippen molar-refractivity contribution in [3.8, 4) is 11.1 Å². The van der Waals surface area contributed by atoms with E-state index in [4.69, 9.17) is 12.2 Å². The van der Waals surface area contributed by atoms with Crippen molar-refractivity contribution in [1.29, 1.82) is 0 Å². The van der Waals surface area contributed by atoms with Gasteiger partial charge in [-0.1, -0.05) is 36.4 Å². The average molecular weight is 268 g/mol. The minimum absolute atomic E-state index is 0.0727. The van der Waals surface area contributed by atoms with E-state index in [0.29, 0.717) is 10.2 Å². The van der Waals surface area contributed by atoms with Crippen molar-refractivity contribution < 1.29 is 0 Å². The molecule has 0 atom stereocenters. The van der Waals surface area contributed by atoms with E-state index in [2.05, 4.69) is 4.98 Å². The highest BCUT2D eigenvalue weighted by atomic mass is 32.1. The summed E-state index contributed by atoms with van der Waals surface area (Å²) in [7, 11) is 1.68. The highest BCUT2D eigenvalue weighted by Gasteiger charge is 2.05. The Morgan fingerprint density at radius 1 is 1.05 bits per heavy atom. The van der Waals surface area contributed by atoms with Crippen molar-refractivity contribution in [2.45, 2.75) is 0 Å². The normalized spacial score (nSPS) is 10.8. The SMILES string of the molecule is Cn1c(=S)[nH]c2ccc(-c3ccccc3)cc2c1=O. The number of H-pyrrole nitrogens is 1. The van der Waals surface area contributed by atoms with Gasteiger partial charge in [-0.05, 0) is 35.5 Å². The van der Waals surface area contributed by atoms with E-state index in [1.165, 1.54) is 4.57 Å². The third-order valence-corrected chi connectivity index (χ3v) is 3.58. The predicted octanol–water partition coefficient (Wildman–Crippen LogP) is 3.26. The molecule has 2 aromatic carbocycles. The van der Waals surface area contributed by atoms with Crippen LogP contribution in [0.25, 0.3) is 22.0 Å². The maximum Gasteiger partial charge on any atom is 0.261 e. The number of aromatic nitrogens is 2. The number of benzene rings is 2. The molecule has 0 bridgehead atoms. The van der Waals surface area contributed by atoms with Gasteiger partial charge in [-0.25, -0.2) is 0 Å². The summed E-state index contributed by atoms with van der Waals surface area (Å²) in [4.78, 5) is 15.3. The van der Waals surface area contributed by atoms with Crippen molar-refractivity contribution in [1.82, 2.24) is 9.55 Å². The zero-order valence-corrected chi connectivity index (χ0v) is 11.2. The third kappa shape index (κ3) is 2.00. The lowest BCUT2D eigenvalue weighted by Gasteiger charge is -2.05. The minimum Gasteiger partial charge on any atom is -0.332 e. The summed E-state index contributed by atoms with van der Waals surface area (Å²) in [6.45, 7) is 0. The van der Waals surface area contributed by atoms with Gasteiger partial charge in [0.1, 0.15) is 0 Å². The first-order valence-corrected chi connectivity index (χ1v) is 6.36. The van der Waals surface area contributed by atoms with Crippen molar-refractivity contribution in [3.63, 3.8) is 0 Å². The lowest BCUT2D eigenvalue weighted by molar-refractivity contribution is 0.824. The summed E-state index contributed by atoms with van der Waals surface area (Å²) in [5, 5.41) is 0.650. The van der Waals surface area contributed by atoms with E-state index in [9.17, 15) is 4.79 Å². The second-order valence-corrected chi connectivity index (χ2v) is 4.81. The van der Waals surface area contributed by atoms with Crippen LogP contribution in [-0.4, -0.2) is 9.55 Å². The summed E-state index contributed by atoms with van der Waals surface area (Å²) in [6, 6.07) is 15.8. The van der Waals surface area contributed by atoms with Gasteiger partial charge in [0.05, 0.1) is 10.9 Å². The fraction of sp³-hybridized carbons (Fsp3) is 0.0667. The molecule has 3 rings (SSSR count). The molecule has 0 fully saturated rings. The third-order valence-electron chi connectivity index (χ3n) is 3.21. The van der Waals surface area contributed by atoms with Crippen LogP contribution in [0.2, 0.25) is 0 Å². The standard InChI is InChI=1S/C15H12N2OS/c1-17-14(18)12-9-11(10-5-3-2-4-6-10)7-8-13(12)16-15(17)19/h2-9H,1H3,(H,16,19). The summed E-state index contributed by atoms with van der Waals surface area (Å²) < 4.78 is 1.89. The van der Waals surface area contributed by atoms with E-state index in [-0.39, 0.29) is 5.56 Å². The van der Waals surface area contributed by atoms with Crippen LogP contribution in [0.4, 0.5) is 0 Å². The maximum absolute atomic E-state index is 12.2. The number of nitrogens with zero attached hydrogens (tertiary/aromatic N) is 1. The second kappa shape index (κ2) is 4.48. The Morgan fingerprint density at radius 2 is 1.79 bits per heavy atom. The Kier molecular flexibility index (Phi) is 2.80. The first kappa shape index (κ1) is 11.9. The molecule has 19 heavy (non-hydrogen) atoms. The van der Waals surface area contributed by atoms with Gasteiger partial charge >= 0.3 is 0 Å². The van der Waals surface area contributed by atoms with E-state index < -0.39 is 0 Å². The van der Waals surface area contributed by atoms with Gasteiger partial charge in [-0.15, -0.1) is 0 Å². The highest BCUT2D eigenvalue weighted by Crippen LogP contribution is 2.21. The Hall–Kier alpha value is -2.20. The molecule has 1 aromatic heterocycles. The molecule has 4 heteroatoms. The lowest BCUT2D eigenvalue weighted by atomic mass is 10.0. The van der Waals surface area contributed by atoms with Crippen LogP contribution in [-0.2, 0) is 7.05 Å². The fourth-order valence-electron chi connectivity index (χ4n) is 2.11. The molecule has 0 aliphatic carbocycles. The topological polar surface area (TPSA) is 37.8 Å². The van der Waals surface area contributed by atoms with Gasteiger partial charge in [0.2, 0.25) is 0 Å².